The largest absolute Gasteiger partial charge is 0.444 e. The molecule has 0 fully saturated rings. The van der Waals surface area contributed by atoms with E-state index in [1.807, 2.05) is 6.26 Å². The molecule has 1 atom stereocenters. The first-order valence-corrected chi connectivity index (χ1v) is 11.3. The fraction of sp³-hybridized carbons (Fsp3) is 0.500. The number of rotatable bonds is 8. The maximum absolute atomic E-state index is 13.9. The van der Waals surface area contributed by atoms with E-state index in [2.05, 4.69) is 15.5 Å². The molecule has 1 N–H and O–H groups in total. The summed E-state index contributed by atoms with van der Waals surface area (Å²) < 4.78 is 24.8. The number of hydrogen-bond acceptors (Lipinski definition) is 7. The van der Waals surface area contributed by atoms with Crippen molar-refractivity contribution in [2.45, 2.75) is 49.8 Å². The van der Waals surface area contributed by atoms with Crippen molar-refractivity contribution < 1.29 is 18.3 Å². The number of nitrogens with zero attached hydrogens (tertiary/aromatic N) is 2. The van der Waals surface area contributed by atoms with Crippen LogP contribution in [0.5, 0.6) is 0 Å². The summed E-state index contributed by atoms with van der Waals surface area (Å²) in [5.41, 5.74) is -0.233. The van der Waals surface area contributed by atoms with Crippen molar-refractivity contribution in [3.63, 3.8) is 0 Å². The van der Waals surface area contributed by atoms with E-state index in [0.29, 0.717) is 17.0 Å². The Bertz CT molecular complexity index is 778. The van der Waals surface area contributed by atoms with E-state index in [4.69, 9.17) is 20.8 Å². The highest BCUT2D eigenvalue weighted by Crippen LogP contribution is 2.29. The number of aromatic nitrogens is 2. The molecule has 1 heterocycles. The molecule has 10 heteroatoms. The molecule has 0 aliphatic rings. The zero-order valence-corrected chi connectivity index (χ0v) is 18.5. The first-order chi connectivity index (χ1) is 13.2. The lowest BCUT2D eigenvalue weighted by Gasteiger charge is -2.22. The number of ether oxygens (including phenoxy) is 1. The van der Waals surface area contributed by atoms with Crippen molar-refractivity contribution in [3.05, 3.63) is 40.5 Å². The molecular weight excluding hydrogens is 425 g/mol. The maximum Gasteiger partial charge on any atom is 0.408 e. The van der Waals surface area contributed by atoms with Gasteiger partial charge in [0, 0.05) is 16.3 Å². The number of amides is 1. The molecule has 1 aromatic carbocycles. The predicted octanol–water partition coefficient (Wildman–Crippen LogP) is 5.47. The third-order valence-electron chi connectivity index (χ3n) is 3.42. The number of nitrogens with one attached hydrogen (secondary N) is 1. The van der Waals surface area contributed by atoms with Crippen molar-refractivity contribution in [2.75, 3.05) is 12.0 Å². The number of carbonyl (C=O) groups is 1. The van der Waals surface area contributed by atoms with Gasteiger partial charge in [-0.05, 0) is 51.3 Å². The molecule has 0 saturated carbocycles. The fourth-order valence-corrected chi connectivity index (χ4v) is 3.75. The lowest BCUT2D eigenvalue weighted by molar-refractivity contribution is 0.0493. The zero-order valence-electron chi connectivity index (χ0n) is 16.1. The van der Waals surface area contributed by atoms with E-state index >= 15 is 0 Å². The van der Waals surface area contributed by atoms with Crippen molar-refractivity contribution in [1.82, 2.24) is 15.5 Å². The third kappa shape index (κ3) is 7.18. The highest BCUT2D eigenvalue weighted by molar-refractivity contribution is 7.98. The van der Waals surface area contributed by atoms with Gasteiger partial charge in [0.15, 0.2) is 0 Å². The van der Waals surface area contributed by atoms with E-state index in [1.165, 1.54) is 17.8 Å². The highest BCUT2D eigenvalue weighted by Gasteiger charge is 2.24. The third-order valence-corrected chi connectivity index (χ3v) is 5.27. The summed E-state index contributed by atoms with van der Waals surface area (Å²) in [6, 6.07) is 4.06. The summed E-state index contributed by atoms with van der Waals surface area (Å²) in [5.74, 6) is 0.935. The average Bonchev–Trinajstić information content (AvgIpc) is 3.05. The quantitative estimate of drug-likeness (QED) is 0.537. The van der Waals surface area contributed by atoms with Crippen LogP contribution < -0.4 is 5.32 Å². The number of halogens is 2. The topological polar surface area (TPSA) is 77.2 Å². The van der Waals surface area contributed by atoms with Crippen LogP contribution in [-0.4, -0.2) is 33.9 Å². The smallest absolute Gasteiger partial charge is 0.408 e. The van der Waals surface area contributed by atoms with Crippen LogP contribution in [0.4, 0.5) is 9.18 Å². The Morgan fingerprint density at radius 2 is 2.14 bits per heavy atom. The molecule has 0 radical (unpaired) electrons. The lowest BCUT2D eigenvalue weighted by Crippen LogP contribution is -2.35. The van der Waals surface area contributed by atoms with E-state index in [-0.39, 0.29) is 22.7 Å². The highest BCUT2D eigenvalue weighted by atomic mass is 35.5. The van der Waals surface area contributed by atoms with Gasteiger partial charge in [0.1, 0.15) is 17.5 Å². The molecule has 1 amide bonds. The predicted molar refractivity (Wildman–Crippen MR) is 110 cm³/mol. The summed E-state index contributed by atoms with van der Waals surface area (Å²) >= 11 is 8.85. The van der Waals surface area contributed by atoms with Crippen LogP contribution in [-0.2, 0) is 10.5 Å². The van der Waals surface area contributed by atoms with Gasteiger partial charge >= 0.3 is 6.09 Å². The number of carbonyl (C=O) groups excluding carboxylic acids is 1. The monoisotopic (exact) mass is 447 g/mol. The fourth-order valence-electron chi connectivity index (χ4n) is 2.17. The van der Waals surface area contributed by atoms with Crippen LogP contribution >= 0.6 is 35.1 Å². The van der Waals surface area contributed by atoms with Crippen LogP contribution in [0.2, 0.25) is 5.02 Å². The average molecular weight is 448 g/mol. The second kappa shape index (κ2) is 10.4. The van der Waals surface area contributed by atoms with Crippen LogP contribution in [0.3, 0.4) is 0 Å². The van der Waals surface area contributed by atoms with Gasteiger partial charge in [-0.15, -0.1) is 10.2 Å². The minimum absolute atomic E-state index is 0.252. The molecule has 28 heavy (non-hydrogen) atoms. The van der Waals surface area contributed by atoms with E-state index < -0.39 is 17.7 Å². The van der Waals surface area contributed by atoms with Crippen LogP contribution in [0.1, 0.15) is 44.7 Å². The van der Waals surface area contributed by atoms with Gasteiger partial charge in [-0.25, -0.2) is 9.18 Å². The first kappa shape index (κ1) is 22.8. The van der Waals surface area contributed by atoms with Crippen molar-refractivity contribution in [3.8, 4) is 0 Å². The van der Waals surface area contributed by atoms with Crippen LogP contribution in [0.25, 0.3) is 0 Å². The summed E-state index contributed by atoms with van der Waals surface area (Å²) in [7, 11) is 0. The minimum atomic E-state index is -0.608. The molecule has 0 aliphatic carbocycles. The molecule has 0 bridgehead atoms. The van der Waals surface area contributed by atoms with Gasteiger partial charge < -0.3 is 14.5 Å². The molecule has 0 spiro atoms. The van der Waals surface area contributed by atoms with Gasteiger partial charge in [0.25, 0.3) is 5.22 Å². The van der Waals surface area contributed by atoms with E-state index in [9.17, 15) is 9.18 Å². The van der Waals surface area contributed by atoms with Crippen molar-refractivity contribution >= 4 is 41.2 Å². The van der Waals surface area contributed by atoms with Gasteiger partial charge in [-0.3, -0.25) is 0 Å². The molecule has 0 aliphatic heterocycles. The summed E-state index contributed by atoms with van der Waals surface area (Å²) in [5, 5.41) is 11.4. The number of hydrogen-bond donors (Lipinski definition) is 1. The van der Waals surface area contributed by atoms with Crippen LogP contribution in [0.15, 0.2) is 27.8 Å². The summed E-state index contributed by atoms with van der Waals surface area (Å²) in [6.07, 6.45) is 2.02. The zero-order chi connectivity index (χ0) is 20.7. The molecular formula is C18H23ClFN3O3S2. The number of alkyl carbamates (subject to hydrolysis) is 1. The standard InChI is InChI=1S/C18H23ClFN3O3S2/c1-18(2,3)26-16(24)21-14(8-9-27-4)15-22-23-17(25-15)28-10-11-12(19)6-5-7-13(11)20/h5-7,14H,8-10H2,1-4H3,(H,21,24)/t14-/m1/s1. The summed E-state index contributed by atoms with van der Waals surface area (Å²) in [6.45, 7) is 5.37. The Labute approximate surface area is 177 Å². The first-order valence-electron chi connectivity index (χ1n) is 8.57. The minimum Gasteiger partial charge on any atom is -0.444 e. The Morgan fingerprint density at radius 3 is 2.79 bits per heavy atom. The molecule has 2 rings (SSSR count). The second-order valence-corrected chi connectivity index (χ2v) is 9.19. The van der Waals surface area contributed by atoms with Crippen molar-refractivity contribution in [1.29, 1.82) is 0 Å². The van der Waals surface area contributed by atoms with E-state index in [1.54, 1.807) is 44.7 Å². The molecule has 1 aromatic heterocycles. The molecule has 154 valence electrons. The van der Waals surface area contributed by atoms with Gasteiger partial charge in [0.2, 0.25) is 5.89 Å². The normalized spacial score (nSPS) is 12.6. The SMILES string of the molecule is CSCC[C@@H](NC(=O)OC(C)(C)C)c1nnc(SCc2c(F)cccc2Cl)o1. The van der Waals surface area contributed by atoms with Gasteiger partial charge in [-0.2, -0.15) is 11.8 Å². The van der Waals surface area contributed by atoms with Crippen molar-refractivity contribution in [2.24, 2.45) is 0 Å². The van der Waals surface area contributed by atoms with Gasteiger partial charge in [-0.1, -0.05) is 29.4 Å². The molecule has 2 aromatic rings. The molecule has 6 nitrogen and oxygen atoms in total. The Hall–Kier alpha value is -1.45. The lowest BCUT2D eigenvalue weighted by atomic mass is 10.2. The maximum atomic E-state index is 13.9. The van der Waals surface area contributed by atoms with E-state index in [0.717, 1.165) is 5.75 Å². The Balaban J connectivity index is 2.05. The Kier molecular flexibility index (Phi) is 8.45. The molecule has 0 unspecified atom stereocenters. The second-order valence-electron chi connectivity index (χ2n) is 6.88. The van der Waals surface area contributed by atoms with Gasteiger partial charge in [0.05, 0.1) is 0 Å². The Morgan fingerprint density at radius 1 is 1.39 bits per heavy atom. The van der Waals surface area contributed by atoms with Crippen LogP contribution in [0, 0.1) is 5.82 Å². The number of thioether (sulfide) groups is 2. The number of benzene rings is 1. The molecule has 0 saturated heterocycles. The summed E-state index contributed by atoms with van der Waals surface area (Å²) in [4.78, 5) is 12.1.